The van der Waals surface area contributed by atoms with Crippen LogP contribution in [0.3, 0.4) is 0 Å². The molecular weight excluding hydrogens is 1400 g/mol. The molecule has 0 aromatic carbocycles. The standard InChI is InChI=1S/2C28H48O2Si.C21H32O2.C6H2.C4H10O.2BrH.Mg.2H2/c1-25(2,3)31(7,8)30-20-13-15-26(4)19(17-20)9-10-21-22-11-12-24(28(6)18-29-28)27(22,5)16-14-23(21)26;1-19(18-29)23-11-12-24-22-10-9-20-17-21(30-31(7,8)26(2,3)4)13-15-27(20,5)25(22)14-16-28(23,24)6;1-13(22)17-6-7-18-16-5-4-14-12-15(23)8-10-20(14,2)19(16)9-11-21(17,18)3;1-3-5-6-4-2;1-3-5-4-2;;;;;/h9,20-24H,10-18H2,1-8H3;9,18-19,21-25H,10-17H2,1-8H3;4,15-19,23H,5-12H2,1-3H3;1-2H;3-4H2,1-2H3;2*1H;;2*1H/q;;;;;;;+2;;/p-2/t20-,21?,22?,23?,24?,26-,27-,28?;19?,21-,22?,23?,24?,25?,27-,28+;15-,16?,17?,18?,19?,20-,21+;;;;;;;/m000......./s1. The van der Waals surface area contributed by atoms with Crippen molar-refractivity contribution >= 4 is 51.8 Å². The van der Waals surface area contributed by atoms with Crippen molar-refractivity contribution in [2.45, 2.75) is 332 Å². The number of ketones is 1. The van der Waals surface area contributed by atoms with E-state index in [0.29, 0.717) is 61.9 Å². The van der Waals surface area contributed by atoms with Crippen molar-refractivity contribution in [1.82, 2.24) is 0 Å². The smallest absolute Gasteiger partial charge is 1.00 e. The molecule has 0 aromatic heterocycles. The van der Waals surface area contributed by atoms with Crippen molar-refractivity contribution in [2.24, 2.45) is 109 Å². The monoisotopic (exact) mass is 1540 g/mol. The van der Waals surface area contributed by atoms with Crippen LogP contribution in [0, 0.1) is 146 Å². The average molecular weight is 1540 g/mol. The summed E-state index contributed by atoms with van der Waals surface area (Å²) in [6, 6.07) is 0. The minimum absolute atomic E-state index is 0. The van der Waals surface area contributed by atoms with Crippen LogP contribution in [0.2, 0.25) is 36.3 Å². The molecule has 99 heavy (non-hydrogen) atoms. The quantitative estimate of drug-likeness (QED) is 0.0765. The summed E-state index contributed by atoms with van der Waals surface area (Å²) >= 11 is 0. The minimum Gasteiger partial charge on any atom is -1.00 e. The molecule has 0 radical (unpaired) electrons. The number of ether oxygens (including phenoxy) is 2. The summed E-state index contributed by atoms with van der Waals surface area (Å²) in [5.41, 5.74) is 7.50. The van der Waals surface area contributed by atoms with Crippen LogP contribution in [0.15, 0.2) is 34.9 Å². The molecule has 1 saturated heterocycles. The second-order valence-corrected chi connectivity index (χ2v) is 48.3. The summed E-state index contributed by atoms with van der Waals surface area (Å²) in [7, 11) is -3.41. The van der Waals surface area contributed by atoms with Crippen LogP contribution in [-0.4, -0.2) is 101 Å². The molecule has 12 aliphatic carbocycles. The van der Waals surface area contributed by atoms with E-state index in [1.54, 1.807) is 16.7 Å². The van der Waals surface area contributed by atoms with Crippen LogP contribution in [-0.2, 0) is 27.9 Å². The van der Waals surface area contributed by atoms with E-state index in [0.717, 1.165) is 105 Å². The molecule has 23 atom stereocenters. The molecule has 9 saturated carbocycles. The van der Waals surface area contributed by atoms with Crippen LogP contribution >= 0.6 is 0 Å². The number of halogens is 2. The first-order valence-corrected chi connectivity index (χ1v) is 45.4. The zero-order valence-electron chi connectivity index (χ0n) is 66.7. The molecule has 14 unspecified atom stereocenters. The third-order valence-electron chi connectivity index (χ3n) is 32.1. The normalized spacial score (nSPS) is 42.1. The van der Waals surface area contributed by atoms with Crippen molar-refractivity contribution in [1.29, 1.82) is 0 Å². The van der Waals surface area contributed by atoms with Gasteiger partial charge in [0.05, 0.1) is 18.3 Å². The topological polar surface area (TPSA) is 94.6 Å². The van der Waals surface area contributed by atoms with E-state index in [-0.39, 0.29) is 87.9 Å². The minimum atomic E-state index is -1.71. The Morgan fingerprint density at radius 3 is 1.37 bits per heavy atom. The van der Waals surface area contributed by atoms with E-state index < -0.39 is 16.6 Å². The number of aldehydes is 1. The first-order chi connectivity index (χ1) is 44.8. The molecule has 1 N–H and O–H groups in total. The summed E-state index contributed by atoms with van der Waals surface area (Å²) in [4.78, 5) is 23.8. The Kier molecular flexibility index (Phi) is 29.4. The zero-order valence-corrected chi connectivity index (χ0v) is 73.2. The summed E-state index contributed by atoms with van der Waals surface area (Å²) < 4.78 is 24.6. The number of aliphatic hydroxyl groups excluding tert-OH is 1. The van der Waals surface area contributed by atoms with Gasteiger partial charge in [-0.1, -0.05) is 125 Å². The van der Waals surface area contributed by atoms with Gasteiger partial charge in [-0.25, -0.2) is 0 Å². The van der Waals surface area contributed by atoms with Crippen molar-refractivity contribution < 1.29 is 69.8 Å². The number of carbonyl (C=O) groups excluding carboxylic acids is 2. The van der Waals surface area contributed by atoms with Crippen molar-refractivity contribution in [3.05, 3.63) is 34.9 Å². The van der Waals surface area contributed by atoms with Gasteiger partial charge in [0.2, 0.25) is 0 Å². The fourth-order valence-electron chi connectivity index (χ4n) is 24.5. The summed E-state index contributed by atoms with van der Waals surface area (Å²) in [5.74, 6) is 18.4. The SMILES string of the molecule is C#CC#CC#C.CC(=O)C1CCC2C3CC=C4C[C@@H](O)CC[C@]4(C)C3CC[C@]12C.CC(C=O)C1CCC2C3CC=C4C[C@@H](O[Si](C)(C)C(C)(C)C)CC[C@]4(C)C3CC[C@]12C.CC1(C2CCC3C4CC=C5C[C@@H](O[Si](C)(C)C(C)(C)C)CC[C@]5(C)C4CC[C@@]32C)CO1.CCOCC.[Br-].[Br-].[HH].[HH].[Mg+2]. The van der Waals surface area contributed by atoms with Crippen molar-refractivity contribution in [3.8, 4) is 36.5 Å². The molecule has 12 heteroatoms. The van der Waals surface area contributed by atoms with Gasteiger partial charge in [-0.3, -0.25) is 4.79 Å². The average Bonchev–Trinajstić information content (AvgIpc) is 1.71. The van der Waals surface area contributed by atoms with Gasteiger partial charge in [-0.2, -0.15) is 0 Å². The van der Waals surface area contributed by atoms with Gasteiger partial charge < -0.3 is 62.2 Å². The van der Waals surface area contributed by atoms with Crippen molar-refractivity contribution in [2.75, 3.05) is 19.8 Å². The second-order valence-electron chi connectivity index (χ2n) is 38.8. The van der Waals surface area contributed by atoms with Crippen LogP contribution in [0.25, 0.3) is 0 Å². The first kappa shape index (κ1) is 87.1. The van der Waals surface area contributed by atoms with Crippen LogP contribution < -0.4 is 34.0 Å². The number of rotatable bonds is 10. The van der Waals surface area contributed by atoms with E-state index in [1.807, 2.05) is 20.8 Å². The number of hydrogen-bond acceptors (Lipinski definition) is 7. The fraction of sp³-hybridized carbons (Fsp3) is 0.839. The maximum absolute atomic E-state index is 12.2. The third kappa shape index (κ3) is 17.1. The van der Waals surface area contributed by atoms with E-state index in [4.69, 9.17) is 31.2 Å². The maximum atomic E-state index is 12.2. The molecule has 0 aromatic rings. The van der Waals surface area contributed by atoms with E-state index in [1.165, 1.54) is 135 Å². The van der Waals surface area contributed by atoms with Gasteiger partial charge >= 0.3 is 23.1 Å². The molecule has 558 valence electrons. The largest absolute Gasteiger partial charge is 2.00 e. The number of fused-ring (bicyclic) bond motifs is 15. The van der Waals surface area contributed by atoms with E-state index in [9.17, 15) is 14.7 Å². The van der Waals surface area contributed by atoms with Gasteiger partial charge in [0.25, 0.3) is 0 Å². The van der Waals surface area contributed by atoms with Gasteiger partial charge in [0.1, 0.15) is 12.1 Å². The number of carbonyl (C=O) groups is 2. The summed E-state index contributed by atoms with van der Waals surface area (Å²) in [6.45, 7) is 52.2. The Bertz CT molecular complexity index is 3020. The summed E-state index contributed by atoms with van der Waals surface area (Å²) in [6.07, 6.45) is 49.4. The molecule has 10 fully saturated rings. The van der Waals surface area contributed by atoms with Crippen LogP contribution in [0.1, 0.15) is 275 Å². The predicted molar refractivity (Wildman–Crippen MR) is 414 cm³/mol. The predicted octanol–water partition coefficient (Wildman–Crippen LogP) is 15.5. The molecule has 13 rings (SSSR count). The summed E-state index contributed by atoms with van der Waals surface area (Å²) in [5, 5.41) is 10.7. The molecule has 7 nitrogen and oxygen atoms in total. The van der Waals surface area contributed by atoms with Gasteiger partial charge in [-0.05, 0) is 339 Å². The molecule has 1 aliphatic heterocycles. The Hall–Kier alpha value is -0.800. The van der Waals surface area contributed by atoms with E-state index >= 15 is 0 Å². The molecule has 0 spiro atoms. The van der Waals surface area contributed by atoms with E-state index in [2.05, 4.69) is 165 Å². The van der Waals surface area contributed by atoms with Gasteiger partial charge in [-0.15, -0.1) is 12.8 Å². The molecule has 0 amide bonds. The Morgan fingerprint density at radius 2 is 0.980 bits per heavy atom. The first-order valence-electron chi connectivity index (χ1n) is 39.5. The second kappa shape index (κ2) is 33.4. The van der Waals surface area contributed by atoms with Gasteiger partial charge in [0, 0.05) is 40.1 Å². The molecule has 0 bridgehead atoms. The Labute approximate surface area is 649 Å². The van der Waals surface area contributed by atoms with Crippen molar-refractivity contribution in [3.63, 3.8) is 0 Å². The number of epoxide rings is 1. The number of terminal acetylenes is 2. The molecule has 13 aliphatic rings. The number of Topliss-reactive ketones (excluding diaryl/α,β-unsaturated/α-hetero) is 1. The van der Waals surface area contributed by atoms with Crippen LogP contribution in [0.5, 0.6) is 0 Å². The Balaban J connectivity index is 0.000000294. The van der Waals surface area contributed by atoms with Crippen LogP contribution in [0.4, 0.5) is 0 Å². The van der Waals surface area contributed by atoms with Gasteiger partial charge in [0.15, 0.2) is 16.6 Å². The fourth-order valence-corrected chi connectivity index (χ4v) is 27.3. The third-order valence-corrected chi connectivity index (χ3v) is 41.2. The maximum Gasteiger partial charge on any atom is 2.00 e. The number of allylic oxidation sites excluding steroid dienone is 3. The molecule has 1 heterocycles. The number of aliphatic hydroxyl groups is 1. The Morgan fingerprint density at radius 1 is 0.596 bits per heavy atom. The zero-order chi connectivity index (χ0) is 70.6. The molecular formula is C87H144Br2MgO7Si2. The number of hydrogen-bond donors (Lipinski definition) is 1.